The number of nitrogens with one attached hydrogen (secondary N) is 1. The third-order valence-corrected chi connectivity index (χ3v) is 7.52. The van der Waals surface area contributed by atoms with Crippen LogP contribution in [0.2, 0.25) is 0 Å². The van der Waals surface area contributed by atoms with Crippen molar-refractivity contribution in [1.82, 2.24) is 5.32 Å². The Morgan fingerprint density at radius 2 is 1.26 bits per heavy atom. The smallest absolute Gasteiger partial charge is 0.391 e. The molecule has 0 saturated heterocycles. The molecule has 2 aromatic carbocycles. The van der Waals surface area contributed by atoms with Crippen LogP contribution in [0.5, 0.6) is 0 Å². The zero-order chi connectivity index (χ0) is 28.2. The maximum atomic E-state index is 13.5. The highest BCUT2D eigenvalue weighted by atomic mass is 19.4. The molecule has 38 heavy (non-hydrogen) atoms. The Labute approximate surface area is 216 Å². The molecule has 0 aliphatic heterocycles. The molecule has 0 aromatic heterocycles. The Balaban J connectivity index is 0.00000195. The van der Waals surface area contributed by atoms with E-state index in [0.717, 1.165) is 0 Å². The molecule has 2 aliphatic carbocycles. The lowest BCUT2D eigenvalue weighted by atomic mass is 9.76. The summed E-state index contributed by atoms with van der Waals surface area (Å²) in [5.74, 6) is -5.13. The van der Waals surface area contributed by atoms with Gasteiger partial charge in [0.05, 0.1) is 17.0 Å². The molecule has 0 spiro atoms. The van der Waals surface area contributed by atoms with Crippen molar-refractivity contribution in [2.75, 3.05) is 0 Å². The quantitative estimate of drug-likeness (QED) is 0.407. The zero-order valence-electron chi connectivity index (χ0n) is 20.5. The minimum Gasteiger partial charge on any atom is -0.478 e. The SMILES string of the molecule is C=O.O=C(O)c1ccc(C2CCC(C(F)(F)F)CC2)c2c(C(=O)O)ccc(C(=O)NC3CCC(F)CC3)c12. The van der Waals surface area contributed by atoms with Gasteiger partial charge < -0.3 is 20.3 Å². The maximum Gasteiger partial charge on any atom is 0.391 e. The molecule has 3 N–H and O–H groups in total. The fraction of sp³-hybridized carbons (Fsp3) is 0.481. The summed E-state index contributed by atoms with van der Waals surface area (Å²) in [5, 5.41) is 22.5. The first-order chi connectivity index (χ1) is 18.0. The summed E-state index contributed by atoms with van der Waals surface area (Å²) in [4.78, 5) is 45.4. The topological polar surface area (TPSA) is 121 Å². The van der Waals surface area contributed by atoms with Crippen LogP contribution in [0, 0.1) is 5.92 Å². The summed E-state index contributed by atoms with van der Waals surface area (Å²) in [6, 6.07) is 4.94. The fourth-order valence-corrected chi connectivity index (χ4v) is 5.60. The summed E-state index contributed by atoms with van der Waals surface area (Å²) < 4.78 is 53.1. The first-order valence-electron chi connectivity index (χ1n) is 12.3. The summed E-state index contributed by atoms with van der Waals surface area (Å²) >= 11 is 0. The molecule has 2 fully saturated rings. The molecule has 0 bridgehead atoms. The van der Waals surface area contributed by atoms with Crippen molar-refractivity contribution in [2.45, 2.75) is 75.7 Å². The number of fused-ring (bicyclic) bond motifs is 1. The van der Waals surface area contributed by atoms with Gasteiger partial charge in [0.1, 0.15) is 13.0 Å². The number of hydrogen-bond acceptors (Lipinski definition) is 4. The normalized spacial score (nSPS) is 23.7. The molecule has 206 valence electrons. The van der Waals surface area contributed by atoms with Crippen LogP contribution in [0.3, 0.4) is 0 Å². The second-order valence-electron chi connectivity index (χ2n) is 9.74. The van der Waals surface area contributed by atoms with Crippen LogP contribution in [-0.4, -0.2) is 53.2 Å². The monoisotopic (exact) mass is 539 g/mol. The number of hydrogen-bond donors (Lipinski definition) is 3. The van der Waals surface area contributed by atoms with E-state index in [1.807, 2.05) is 6.79 Å². The Morgan fingerprint density at radius 1 is 0.763 bits per heavy atom. The van der Waals surface area contributed by atoms with Crippen LogP contribution < -0.4 is 5.32 Å². The second-order valence-corrected chi connectivity index (χ2v) is 9.74. The summed E-state index contributed by atoms with van der Waals surface area (Å²) in [7, 11) is 0. The lowest BCUT2D eigenvalue weighted by Gasteiger charge is -2.31. The lowest BCUT2D eigenvalue weighted by Crippen LogP contribution is -2.38. The summed E-state index contributed by atoms with van der Waals surface area (Å²) in [6.45, 7) is 2.00. The first-order valence-corrected chi connectivity index (χ1v) is 12.3. The number of carboxylic acids is 2. The van der Waals surface area contributed by atoms with Gasteiger partial charge in [0.2, 0.25) is 0 Å². The largest absolute Gasteiger partial charge is 0.478 e. The van der Waals surface area contributed by atoms with Gasteiger partial charge in [-0.05, 0) is 81.0 Å². The van der Waals surface area contributed by atoms with Crippen LogP contribution >= 0.6 is 0 Å². The number of benzene rings is 2. The van der Waals surface area contributed by atoms with Crippen LogP contribution in [0.4, 0.5) is 17.6 Å². The molecule has 0 atom stereocenters. The van der Waals surface area contributed by atoms with Crippen molar-refractivity contribution in [1.29, 1.82) is 0 Å². The minimum atomic E-state index is -4.31. The van der Waals surface area contributed by atoms with Gasteiger partial charge in [0.15, 0.2) is 0 Å². The molecule has 0 unspecified atom stereocenters. The average molecular weight is 540 g/mol. The van der Waals surface area contributed by atoms with E-state index >= 15 is 0 Å². The lowest BCUT2D eigenvalue weighted by molar-refractivity contribution is -0.182. The van der Waals surface area contributed by atoms with Gasteiger partial charge in [-0.15, -0.1) is 0 Å². The maximum absolute atomic E-state index is 13.5. The standard InChI is InChI=1S/C26H27F4NO5.CH2O/c27-15-5-7-16(8-6-15)31-23(32)18-10-12-19(24(33)34)21-17(9-11-20(22(18)21)25(35)36)13-1-3-14(4-2-13)26(28,29)30;1-2/h9-16H,1-8H2,(H,31,32)(H,33,34)(H,35,36);1H2. The number of carboxylic acid groups (broad SMARTS) is 2. The van der Waals surface area contributed by atoms with Crippen LogP contribution in [-0.2, 0) is 4.79 Å². The number of carbonyl (C=O) groups is 4. The number of halogens is 4. The zero-order valence-corrected chi connectivity index (χ0v) is 20.5. The van der Waals surface area contributed by atoms with Crippen molar-refractivity contribution in [2.24, 2.45) is 5.92 Å². The van der Waals surface area contributed by atoms with Crippen LogP contribution in [0.25, 0.3) is 10.8 Å². The number of alkyl halides is 4. The van der Waals surface area contributed by atoms with Gasteiger partial charge in [-0.2, -0.15) is 13.2 Å². The van der Waals surface area contributed by atoms with Gasteiger partial charge in [-0.3, -0.25) is 4.79 Å². The predicted octanol–water partition coefficient (Wildman–Crippen LogP) is 5.90. The molecule has 2 aliphatic rings. The Morgan fingerprint density at radius 3 is 1.79 bits per heavy atom. The van der Waals surface area contributed by atoms with E-state index in [-0.39, 0.29) is 59.2 Å². The van der Waals surface area contributed by atoms with E-state index in [1.54, 1.807) is 0 Å². The second kappa shape index (κ2) is 11.9. The first kappa shape index (κ1) is 29.1. The highest BCUT2D eigenvalue weighted by Crippen LogP contribution is 2.45. The van der Waals surface area contributed by atoms with Crippen molar-refractivity contribution in [3.8, 4) is 0 Å². The van der Waals surface area contributed by atoms with Gasteiger partial charge >= 0.3 is 18.1 Å². The Hall–Kier alpha value is -3.50. The molecule has 0 radical (unpaired) electrons. The van der Waals surface area contributed by atoms with Crippen LogP contribution in [0.1, 0.15) is 93.9 Å². The molecule has 1 amide bonds. The minimum absolute atomic E-state index is 0.0272. The van der Waals surface area contributed by atoms with Crippen molar-refractivity contribution in [3.05, 3.63) is 46.5 Å². The highest BCUT2D eigenvalue weighted by molar-refractivity contribution is 6.19. The number of amides is 1. The number of carbonyl (C=O) groups excluding carboxylic acids is 2. The summed E-state index contributed by atoms with van der Waals surface area (Å²) in [5.41, 5.74) is -0.0739. The highest BCUT2D eigenvalue weighted by Gasteiger charge is 2.42. The van der Waals surface area contributed by atoms with Crippen molar-refractivity contribution in [3.63, 3.8) is 0 Å². The average Bonchev–Trinajstić information content (AvgIpc) is 2.89. The molecule has 2 aromatic rings. The third-order valence-electron chi connectivity index (χ3n) is 7.52. The molecule has 4 rings (SSSR count). The Bertz CT molecular complexity index is 1200. The molecular weight excluding hydrogens is 510 g/mol. The van der Waals surface area contributed by atoms with E-state index in [1.165, 1.54) is 24.3 Å². The van der Waals surface area contributed by atoms with E-state index in [4.69, 9.17) is 4.79 Å². The van der Waals surface area contributed by atoms with E-state index in [9.17, 15) is 42.2 Å². The molecule has 11 heteroatoms. The van der Waals surface area contributed by atoms with E-state index < -0.39 is 42.0 Å². The van der Waals surface area contributed by atoms with Gasteiger partial charge in [-0.25, -0.2) is 14.0 Å². The molecular formula is C27H29F4NO6. The van der Waals surface area contributed by atoms with Gasteiger partial charge in [0.25, 0.3) is 5.91 Å². The predicted molar refractivity (Wildman–Crippen MR) is 130 cm³/mol. The van der Waals surface area contributed by atoms with Crippen molar-refractivity contribution < 1.29 is 47.0 Å². The molecule has 0 heterocycles. The van der Waals surface area contributed by atoms with Crippen molar-refractivity contribution >= 4 is 35.4 Å². The summed E-state index contributed by atoms with van der Waals surface area (Å²) in [6.07, 6.45) is -3.69. The molecule has 7 nitrogen and oxygen atoms in total. The van der Waals surface area contributed by atoms with Crippen LogP contribution in [0.15, 0.2) is 24.3 Å². The molecule has 2 saturated carbocycles. The van der Waals surface area contributed by atoms with Gasteiger partial charge in [0, 0.05) is 22.4 Å². The third kappa shape index (κ3) is 6.14. The van der Waals surface area contributed by atoms with E-state index in [0.29, 0.717) is 31.2 Å². The number of rotatable bonds is 5. The van der Waals surface area contributed by atoms with E-state index in [2.05, 4.69) is 5.32 Å². The van der Waals surface area contributed by atoms with Gasteiger partial charge in [-0.1, -0.05) is 6.07 Å². The fourth-order valence-electron chi connectivity index (χ4n) is 5.60. The Kier molecular flexibility index (Phi) is 9.11. The number of aromatic carboxylic acids is 2.